The van der Waals surface area contributed by atoms with Crippen LogP contribution in [0, 0.1) is 5.92 Å². The van der Waals surface area contributed by atoms with Crippen LogP contribution < -0.4 is 0 Å². The lowest BCUT2D eigenvalue weighted by atomic mass is 9.92. The van der Waals surface area contributed by atoms with Gasteiger partial charge in [-0.2, -0.15) is 0 Å². The summed E-state index contributed by atoms with van der Waals surface area (Å²) in [6, 6.07) is 0. The van der Waals surface area contributed by atoms with Crippen LogP contribution >= 0.6 is 0 Å². The van der Waals surface area contributed by atoms with Gasteiger partial charge in [0.15, 0.2) is 5.78 Å². The SMILES string of the molecule is CCC(=O)C(C)(CC1CC1)OC. The van der Waals surface area contributed by atoms with Gasteiger partial charge in [-0.1, -0.05) is 19.8 Å². The monoisotopic (exact) mass is 170 g/mol. The van der Waals surface area contributed by atoms with E-state index in [9.17, 15) is 4.79 Å². The van der Waals surface area contributed by atoms with Gasteiger partial charge in [0.1, 0.15) is 5.60 Å². The van der Waals surface area contributed by atoms with Crippen molar-refractivity contribution in [3.63, 3.8) is 0 Å². The lowest BCUT2D eigenvalue weighted by Gasteiger charge is -2.25. The highest BCUT2D eigenvalue weighted by Gasteiger charge is 2.37. The predicted octanol–water partition coefficient (Wildman–Crippen LogP) is 2.17. The van der Waals surface area contributed by atoms with Crippen molar-refractivity contribution in [3.05, 3.63) is 0 Å². The summed E-state index contributed by atoms with van der Waals surface area (Å²) < 4.78 is 5.29. The van der Waals surface area contributed by atoms with Crippen molar-refractivity contribution in [2.75, 3.05) is 7.11 Å². The molecular formula is C10H18O2. The van der Waals surface area contributed by atoms with Crippen molar-refractivity contribution in [1.29, 1.82) is 0 Å². The molecule has 0 heterocycles. The highest BCUT2D eigenvalue weighted by atomic mass is 16.5. The number of rotatable bonds is 5. The number of Topliss-reactive ketones (excluding diaryl/α,β-unsaturated/α-hetero) is 1. The van der Waals surface area contributed by atoms with E-state index in [0.29, 0.717) is 6.42 Å². The van der Waals surface area contributed by atoms with Crippen molar-refractivity contribution < 1.29 is 9.53 Å². The van der Waals surface area contributed by atoms with Crippen LogP contribution in [0.4, 0.5) is 0 Å². The summed E-state index contributed by atoms with van der Waals surface area (Å²) in [4.78, 5) is 11.5. The zero-order valence-corrected chi connectivity index (χ0v) is 8.22. The Morgan fingerprint density at radius 2 is 2.17 bits per heavy atom. The summed E-state index contributed by atoms with van der Waals surface area (Å²) in [5.74, 6) is 0.974. The highest BCUT2D eigenvalue weighted by molar-refractivity contribution is 5.86. The van der Waals surface area contributed by atoms with Gasteiger partial charge in [0.25, 0.3) is 0 Å². The summed E-state index contributed by atoms with van der Waals surface area (Å²) in [5, 5.41) is 0. The summed E-state index contributed by atoms with van der Waals surface area (Å²) in [6.45, 7) is 3.81. The Balaban J connectivity index is 2.52. The Kier molecular flexibility index (Phi) is 2.89. The van der Waals surface area contributed by atoms with E-state index in [0.717, 1.165) is 12.3 Å². The van der Waals surface area contributed by atoms with E-state index in [1.807, 2.05) is 13.8 Å². The van der Waals surface area contributed by atoms with Crippen molar-refractivity contribution >= 4 is 5.78 Å². The van der Waals surface area contributed by atoms with Gasteiger partial charge in [-0.25, -0.2) is 0 Å². The van der Waals surface area contributed by atoms with E-state index in [1.54, 1.807) is 7.11 Å². The van der Waals surface area contributed by atoms with E-state index in [1.165, 1.54) is 12.8 Å². The first-order chi connectivity index (χ1) is 5.62. The van der Waals surface area contributed by atoms with E-state index in [-0.39, 0.29) is 5.78 Å². The minimum Gasteiger partial charge on any atom is -0.371 e. The van der Waals surface area contributed by atoms with Crippen molar-refractivity contribution in [2.24, 2.45) is 5.92 Å². The van der Waals surface area contributed by atoms with Crippen LogP contribution in [-0.4, -0.2) is 18.5 Å². The smallest absolute Gasteiger partial charge is 0.164 e. The molecule has 0 amide bonds. The molecule has 1 rings (SSSR count). The van der Waals surface area contributed by atoms with E-state index >= 15 is 0 Å². The van der Waals surface area contributed by atoms with Crippen LogP contribution in [0.5, 0.6) is 0 Å². The fraction of sp³-hybridized carbons (Fsp3) is 0.900. The van der Waals surface area contributed by atoms with Crippen molar-refractivity contribution in [1.82, 2.24) is 0 Å². The fourth-order valence-electron chi connectivity index (χ4n) is 1.56. The zero-order chi connectivity index (χ0) is 9.19. The topological polar surface area (TPSA) is 26.3 Å². The Labute approximate surface area is 74.3 Å². The minimum absolute atomic E-state index is 0.233. The first-order valence-corrected chi connectivity index (χ1v) is 4.71. The molecule has 1 saturated carbocycles. The molecule has 0 N–H and O–H groups in total. The summed E-state index contributed by atoms with van der Waals surface area (Å²) in [7, 11) is 1.63. The van der Waals surface area contributed by atoms with Gasteiger partial charge in [-0.15, -0.1) is 0 Å². The number of ether oxygens (including phenoxy) is 1. The third-order valence-electron chi connectivity index (χ3n) is 2.74. The molecule has 0 aliphatic heterocycles. The van der Waals surface area contributed by atoms with E-state index < -0.39 is 5.60 Å². The summed E-state index contributed by atoms with van der Waals surface area (Å²) >= 11 is 0. The maximum absolute atomic E-state index is 11.5. The average molecular weight is 170 g/mol. The number of carbonyl (C=O) groups excluding carboxylic acids is 1. The average Bonchev–Trinajstić information content (AvgIpc) is 2.86. The van der Waals surface area contributed by atoms with Crippen LogP contribution in [0.1, 0.15) is 39.5 Å². The second kappa shape index (κ2) is 3.56. The van der Waals surface area contributed by atoms with Crippen LogP contribution in [0.25, 0.3) is 0 Å². The molecule has 2 nitrogen and oxygen atoms in total. The molecule has 0 aromatic rings. The number of carbonyl (C=O) groups is 1. The predicted molar refractivity (Wildman–Crippen MR) is 48.1 cm³/mol. The van der Waals surface area contributed by atoms with Crippen LogP contribution in [0.3, 0.4) is 0 Å². The molecule has 1 aliphatic carbocycles. The van der Waals surface area contributed by atoms with Crippen LogP contribution in [-0.2, 0) is 9.53 Å². The molecule has 0 spiro atoms. The van der Waals surface area contributed by atoms with Crippen molar-refractivity contribution in [3.8, 4) is 0 Å². The molecule has 0 saturated heterocycles. The Morgan fingerprint density at radius 1 is 1.58 bits per heavy atom. The van der Waals surface area contributed by atoms with Gasteiger partial charge in [-0.3, -0.25) is 4.79 Å². The van der Waals surface area contributed by atoms with Gasteiger partial charge in [-0.05, 0) is 19.3 Å². The van der Waals surface area contributed by atoms with E-state index in [4.69, 9.17) is 4.74 Å². The maximum Gasteiger partial charge on any atom is 0.164 e. The molecule has 0 radical (unpaired) electrons. The van der Waals surface area contributed by atoms with Gasteiger partial charge in [0.2, 0.25) is 0 Å². The largest absolute Gasteiger partial charge is 0.371 e. The van der Waals surface area contributed by atoms with Gasteiger partial charge < -0.3 is 4.74 Å². The normalized spacial score (nSPS) is 21.9. The molecular weight excluding hydrogens is 152 g/mol. The van der Waals surface area contributed by atoms with Crippen molar-refractivity contribution in [2.45, 2.75) is 45.1 Å². The molecule has 1 fully saturated rings. The third-order valence-corrected chi connectivity index (χ3v) is 2.74. The quantitative estimate of drug-likeness (QED) is 0.632. The van der Waals surface area contributed by atoms with Crippen LogP contribution in [0.15, 0.2) is 0 Å². The lowest BCUT2D eigenvalue weighted by molar-refractivity contribution is -0.140. The fourth-order valence-corrected chi connectivity index (χ4v) is 1.56. The number of ketones is 1. The molecule has 1 unspecified atom stereocenters. The Morgan fingerprint density at radius 3 is 2.50 bits per heavy atom. The number of methoxy groups -OCH3 is 1. The number of hydrogen-bond donors (Lipinski definition) is 0. The number of hydrogen-bond acceptors (Lipinski definition) is 2. The zero-order valence-electron chi connectivity index (χ0n) is 8.22. The molecule has 70 valence electrons. The Hall–Kier alpha value is -0.370. The first kappa shape index (κ1) is 9.72. The third kappa shape index (κ3) is 2.07. The second-order valence-electron chi connectivity index (χ2n) is 3.86. The minimum atomic E-state index is -0.504. The summed E-state index contributed by atoms with van der Waals surface area (Å²) in [5.41, 5.74) is -0.504. The molecule has 0 aromatic heterocycles. The maximum atomic E-state index is 11.5. The van der Waals surface area contributed by atoms with Gasteiger partial charge in [0, 0.05) is 13.5 Å². The van der Waals surface area contributed by atoms with Gasteiger partial charge >= 0.3 is 0 Å². The lowest BCUT2D eigenvalue weighted by Crippen LogP contribution is -2.37. The molecule has 1 atom stereocenters. The molecule has 1 aliphatic rings. The highest BCUT2D eigenvalue weighted by Crippen LogP contribution is 2.38. The summed E-state index contributed by atoms with van der Waals surface area (Å²) in [6.07, 6.45) is 4.04. The molecule has 0 aromatic carbocycles. The second-order valence-corrected chi connectivity index (χ2v) is 3.86. The standard InChI is InChI=1S/C10H18O2/c1-4-9(11)10(2,12-3)7-8-5-6-8/h8H,4-7H2,1-3H3. The first-order valence-electron chi connectivity index (χ1n) is 4.71. The molecule has 12 heavy (non-hydrogen) atoms. The molecule has 2 heteroatoms. The van der Waals surface area contributed by atoms with Gasteiger partial charge in [0.05, 0.1) is 0 Å². The van der Waals surface area contributed by atoms with Crippen LogP contribution in [0.2, 0.25) is 0 Å². The van der Waals surface area contributed by atoms with E-state index in [2.05, 4.69) is 0 Å². The Bertz CT molecular complexity index is 173. The molecule has 0 bridgehead atoms.